The van der Waals surface area contributed by atoms with Crippen LogP contribution in [-0.4, -0.2) is 22.7 Å². The largest absolute Gasteiger partial charge is 0.478 e. The molecule has 1 aromatic rings. The SMILES string of the molecule is CCc1cc(C(=O)O)cc(OCCC(C)C)n1. The number of ether oxygens (including phenoxy) is 1. The maximum Gasteiger partial charge on any atom is 0.335 e. The zero-order valence-corrected chi connectivity index (χ0v) is 10.6. The Morgan fingerprint density at radius 3 is 2.71 bits per heavy atom. The van der Waals surface area contributed by atoms with E-state index in [1.54, 1.807) is 6.07 Å². The van der Waals surface area contributed by atoms with Crippen LogP contribution in [0.1, 0.15) is 43.2 Å². The third-order valence-corrected chi connectivity index (χ3v) is 2.41. The monoisotopic (exact) mass is 237 g/mol. The number of nitrogens with zero attached hydrogens (tertiary/aromatic N) is 1. The average Bonchev–Trinajstić information content (AvgIpc) is 2.28. The lowest BCUT2D eigenvalue weighted by Crippen LogP contribution is -2.06. The molecule has 4 heteroatoms. The van der Waals surface area contributed by atoms with Gasteiger partial charge in [-0.2, -0.15) is 0 Å². The number of pyridine rings is 1. The van der Waals surface area contributed by atoms with Gasteiger partial charge in [-0.3, -0.25) is 0 Å². The number of aromatic nitrogens is 1. The fraction of sp³-hybridized carbons (Fsp3) is 0.538. The number of carbonyl (C=O) groups is 1. The summed E-state index contributed by atoms with van der Waals surface area (Å²) in [6, 6.07) is 3.06. The zero-order valence-electron chi connectivity index (χ0n) is 10.6. The predicted molar refractivity (Wildman–Crippen MR) is 65.5 cm³/mol. The highest BCUT2D eigenvalue weighted by Crippen LogP contribution is 2.14. The summed E-state index contributed by atoms with van der Waals surface area (Å²) in [5.41, 5.74) is 0.973. The molecule has 0 saturated carbocycles. The minimum Gasteiger partial charge on any atom is -0.478 e. The van der Waals surface area contributed by atoms with E-state index in [-0.39, 0.29) is 5.56 Å². The van der Waals surface area contributed by atoms with E-state index in [2.05, 4.69) is 18.8 Å². The maximum atomic E-state index is 10.9. The summed E-state index contributed by atoms with van der Waals surface area (Å²) in [4.78, 5) is 15.2. The number of aryl methyl sites for hydroxylation is 1. The van der Waals surface area contributed by atoms with Gasteiger partial charge >= 0.3 is 5.97 Å². The van der Waals surface area contributed by atoms with Gasteiger partial charge in [-0.1, -0.05) is 20.8 Å². The Morgan fingerprint density at radius 1 is 1.47 bits per heavy atom. The quantitative estimate of drug-likeness (QED) is 0.826. The van der Waals surface area contributed by atoms with E-state index in [0.717, 1.165) is 12.1 Å². The van der Waals surface area contributed by atoms with Gasteiger partial charge in [0.05, 0.1) is 12.2 Å². The molecule has 1 heterocycles. The Bertz CT molecular complexity index is 388. The topological polar surface area (TPSA) is 59.4 Å². The van der Waals surface area contributed by atoms with Crippen LogP contribution in [0, 0.1) is 5.92 Å². The Morgan fingerprint density at radius 2 is 2.18 bits per heavy atom. The van der Waals surface area contributed by atoms with E-state index in [0.29, 0.717) is 24.8 Å². The number of hydrogen-bond acceptors (Lipinski definition) is 3. The van der Waals surface area contributed by atoms with Gasteiger partial charge in [0.25, 0.3) is 0 Å². The molecule has 0 aliphatic heterocycles. The molecule has 0 unspecified atom stereocenters. The van der Waals surface area contributed by atoms with Crippen LogP contribution < -0.4 is 4.74 Å². The van der Waals surface area contributed by atoms with E-state index in [4.69, 9.17) is 9.84 Å². The van der Waals surface area contributed by atoms with E-state index in [9.17, 15) is 4.79 Å². The van der Waals surface area contributed by atoms with E-state index >= 15 is 0 Å². The summed E-state index contributed by atoms with van der Waals surface area (Å²) >= 11 is 0. The molecule has 94 valence electrons. The lowest BCUT2D eigenvalue weighted by Gasteiger charge is -2.09. The van der Waals surface area contributed by atoms with Crippen LogP contribution in [0.2, 0.25) is 0 Å². The molecule has 0 aliphatic rings. The molecule has 0 aliphatic carbocycles. The summed E-state index contributed by atoms with van der Waals surface area (Å²) in [5.74, 6) is 0.0153. The first-order valence-electron chi connectivity index (χ1n) is 5.90. The molecule has 1 aromatic heterocycles. The first kappa shape index (κ1) is 13.5. The number of hydrogen-bond donors (Lipinski definition) is 1. The second kappa shape index (κ2) is 6.23. The van der Waals surface area contributed by atoms with Crippen LogP contribution in [0.4, 0.5) is 0 Å². The van der Waals surface area contributed by atoms with Crippen LogP contribution in [0.5, 0.6) is 5.88 Å². The van der Waals surface area contributed by atoms with Crippen LogP contribution in [0.3, 0.4) is 0 Å². The molecule has 0 radical (unpaired) electrons. The van der Waals surface area contributed by atoms with Gasteiger partial charge in [0.15, 0.2) is 0 Å². The highest BCUT2D eigenvalue weighted by atomic mass is 16.5. The van der Waals surface area contributed by atoms with Crippen molar-refractivity contribution >= 4 is 5.97 Å². The molecule has 4 nitrogen and oxygen atoms in total. The molecule has 0 fully saturated rings. The molecule has 1 N–H and O–H groups in total. The van der Waals surface area contributed by atoms with Crippen molar-refractivity contribution in [2.45, 2.75) is 33.6 Å². The summed E-state index contributed by atoms with van der Waals surface area (Å²) in [6.07, 6.45) is 1.63. The van der Waals surface area contributed by atoms with Gasteiger partial charge in [-0.05, 0) is 24.8 Å². The lowest BCUT2D eigenvalue weighted by atomic mass is 10.1. The van der Waals surface area contributed by atoms with Crippen LogP contribution >= 0.6 is 0 Å². The molecular formula is C13H19NO3. The predicted octanol–water partition coefficient (Wildman–Crippen LogP) is 2.77. The van der Waals surface area contributed by atoms with Gasteiger partial charge < -0.3 is 9.84 Å². The molecule has 1 rings (SSSR count). The third kappa shape index (κ3) is 4.43. The Hall–Kier alpha value is -1.58. The van der Waals surface area contributed by atoms with E-state index in [1.807, 2.05) is 6.92 Å². The number of carboxylic acids is 1. The Kier molecular flexibility index (Phi) is 4.94. The highest BCUT2D eigenvalue weighted by Gasteiger charge is 2.08. The van der Waals surface area contributed by atoms with Crippen LogP contribution in [-0.2, 0) is 6.42 Å². The number of carboxylic acid groups (broad SMARTS) is 1. The second-order valence-electron chi connectivity index (χ2n) is 4.38. The number of aromatic carboxylic acids is 1. The van der Waals surface area contributed by atoms with Crippen molar-refractivity contribution in [1.82, 2.24) is 4.98 Å². The summed E-state index contributed by atoms with van der Waals surface area (Å²) in [6.45, 7) is 6.73. The summed E-state index contributed by atoms with van der Waals surface area (Å²) in [7, 11) is 0. The number of rotatable bonds is 6. The van der Waals surface area contributed by atoms with Crippen molar-refractivity contribution in [3.8, 4) is 5.88 Å². The van der Waals surface area contributed by atoms with Crippen LogP contribution in [0.15, 0.2) is 12.1 Å². The van der Waals surface area contributed by atoms with Gasteiger partial charge in [-0.25, -0.2) is 9.78 Å². The van der Waals surface area contributed by atoms with Gasteiger partial charge in [-0.15, -0.1) is 0 Å². The minimum atomic E-state index is -0.948. The van der Waals surface area contributed by atoms with E-state index in [1.165, 1.54) is 6.07 Å². The zero-order chi connectivity index (χ0) is 12.8. The van der Waals surface area contributed by atoms with Crippen molar-refractivity contribution < 1.29 is 14.6 Å². The van der Waals surface area contributed by atoms with Crippen molar-refractivity contribution in [3.63, 3.8) is 0 Å². The van der Waals surface area contributed by atoms with Crippen molar-refractivity contribution in [2.24, 2.45) is 5.92 Å². The first-order chi connectivity index (χ1) is 8.02. The smallest absolute Gasteiger partial charge is 0.335 e. The first-order valence-corrected chi connectivity index (χ1v) is 5.90. The normalized spacial score (nSPS) is 10.6. The maximum absolute atomic E-state index is 10.9. The fourth-order valence-corrected chi connectivity index (χ4v) is 1.34. The third-order valence-electron chi connectivity index (χ3n) is 2.41. The molecule has 0 spiro atoms. The van der Waals surface area contributed by atoms with Gasteiger partial charge in [0.2, 0.25) is 5.88 Å². The minimum absolute atomic E-state index is 0.233. The highest BCUT2D eigenvalue weighted by molar-refractivity contribution is 5.88. The van der Waals surface area contributed by atoms with Crippen molar-refractivity contribution in [2.75, 3.05) is 6.61 Å². The summed E-state index contributed by atoms with van der Waals surface area (Å²) in [5, 5.41) is 8.96. The van der Waals surface area contributed by atoms with Gasteiger partial charge in [0, 0.05) is 11.8 Å². The van der Waals surface area contributed by atoms with Crippen molar-refractivity contribution in [1.29, 1.82) is 0 Å². The molecule has 0 saturated heterocycles. The molecule has 0 bridgehead atoms. The molecule has 0 amide bonds. The van der Waals surface area contributed by atoms with Gasteiger partial charge in [0.1, 0.15) is 0 Å². The second-order valence-corrected chi connectivity index (χ2v) is 4.38. The summed E-state index contributed by atoms with van der Waals surface area (Å²) < 4.78 is 5.48. The molecular weight excluding hydrogens is 218 g/mol. The Balaban J connectivity index is 2.76. The molecule has 0 atom stereocenters. The Labute approximate surface area is 102 Å². The fourth-order valence-electron chi connectivity index (χ4n) is 1.34. The average molecular weight is 237 g/mol. The molecule has 0 aromatic carbocycles. The standard InChI is InChI=1S/C13H19NO3/c1-4-11-7-10(13(15)16)8-12(14-11)17-6-5-9(2)3/h7-9H,4-6H2,1-3H3,(H,15,16). The van der Waals surface area contributed by atoms with Crippen LogP contribution in [0.25, 0.3) is 0 Å². The molecule has 17 heavy (non-hydrogen) atoms. The lowest BCUT2D eigenvalue weighted by molar-refractivity contribution is 0.0696. The van der Waals surface area contributed by atoms with E-state index < -0.39 is 5.97 Å². The van der Waals surface area contributed by atoms with Crippen molar-refractivity contribution in [3.05, 3.63) is 23.4 Å².